The average molecular weight is 327 g/mol. The predicted molar refractivity (Wildman–Crippen MR) is 90.3 cm³/mol. The number of aromatic nitrogens is 2. The van der Waals surface area contributed by atoms with Crippen LogP contribution in [0.15, 0.2) is 9.95 Å². The number of thioether (sulfide) groups is 2. The Kier molecular flexibility index (Phi) is 3.67. The molecular weight excluding hydrogens is 308 g/mol. The van der Waals surface area contributed by atoms with E-state index in [0.29, 0.717) is 0 Å². The van der Waals surface area contributed by atoms with Crippen molar-refractivity contribution in [2.24, 2.45) is 7.05 Å². The molecule has 2 aromatic heterocycles. The molecule has 1 aliphatic rings. The highest BCUT2D eigenvalue weighted by Crippen LogP contribution is 2.45. The summed E-state index contributed by atoms with van der Waals surface area (Å²) >= 11 is 5.24. The minimum atomic E-state index is 0.113. The van der Waals surface area contributed by atoms with Gasteiger partial charge in [0, 0.05) is 22.4 Å². The van der Waals surface area contributed by atoms with Crippen LogP contribution < -0.4 is 5.56 Å². The highest BCUT2D eigenvalue weighted by atomic mass is 32.2. The molecule has 108 valence electrons. The highest BCUT2D eigenvalue weighted by Gasteiger charge is 2.32. The van der Waals surface area contributed by atoms with Crippen molar-refractivity contribution in [3.8, 4) is 0 Å². The number of thiophene rings is 1. The Balaban J connectivity index is 2.27. The van der Waals surface area contributed by atoms with E-state index in [1.165, 1.54) is 22.2 Å². The van der Waals surface area contributed by atoms with Crippen molar-refractivity contribution < 1.29 is 0 Å². The van der Waals surface area contributed by atoms with Crippen LogP contribution in [0.1, 0.15) is 30.7 Å². The molecule has 0 aromatic carbocycles. The first-order valence-electron chi connectivity index (χ1n) is 6.68. The second-order valence-electron chi connectivity index (χ2n) is 5.42. The fourth-order valence-corrected chi connectivity index (χ4v) is 5.68. The third-order valence-electron chi connectivity index (χ3n) is 4.11. The maximum absolute atomic E-state index is 12.6. The standard InChI is InChI=1S/C14H18N2OS3/c1-5-14(2)6-8-9(7-19-14)20-11-10(8)12(17)16(3)13(15-11)18-4/h5-7H2,1-4H3/t14-/m1/s1. The van der Waals surface area contributed by atoms with Gasteiger partial charge in [-0.2, -0.15) is 0 Å². The van der Waals surface area contributed by atoms with Crippen molar-refractivity contribution in [3.05, 3.63) is 20.8 Å². The van der Waals surface area contributed by atoms with E-state index in [2.05, 4.69) is 18.8 Å². The van der Waals surface area contributed by atoms with Crippen LogP contribution in [-0.4, -0.2) is 20.6 Å². The van der Waals surface area contributed by atoms with Crippen molar-refractivity contribution >= 4 is 45.1 Å². The highest BCUT2D eigenvalue weighted by molar-refractivity contribution is 8.00. The van der Waals surface area contributed by atoms with Crippen LogP contribution in [0.2, 0.25) is 0 Å². The van der Waals surface area contributed by atoms with Gasteiger partial charge >= 0.3 is 0 Å². The Labute approximate surface area is 131 Å². The Morgan fingerprint density at radius 1 is 1.50 bits per heavy atom. The Bertz CT molecular complexity index is 734. The van der Waals surface area contributed by atoms with Gasteiger partial charge in [-0.1, -0.05) is 25.6 Å². The summed E-state index contributed by atoms with van der Waals surface area (Å²) < 4.78 is 1.94. The summed E-state index contributed by atoms with van der Waals surface area (Å²) in [6.07, 6.45) is 4.08. The SMILES string of the molecule is CC[C@]1(C)Cc2c(sc3nc(SC)n(C)c(=O)c23)CS1. The van der Waals surface area contributed by atoms with Crippen molar-refractivity contribution in [1.82, 2.24) is 9.55 Å². The first kappa shape index (κ1) is 14.5. The summed E-state index contributed by atoms with van der Waals surface area (Å²) in [6, 6.07) is 0. The van der Waals surface area contributed by atoms with E-state index in [1.807, 2.05) is 25.1 Å². The average Bonchev–Trinajstić information content (AvgIpc) is 2.80. The maximum atomic E-state index is 12.6. The lowest BCUT2D eigenvalue weighted by Gasteiger charge is -2.31. The van der Waals surface area contributed by atoms with E-state index in [4.69, 9.17) is 0 Å². The third-order valence-corrected chi connectivity index (χ3v) is 7.71. The van der Waals surface area contributed by atoms with E-state index in [0.717, 1.165) is 34.0 Å². The van der Waals surface area contributed by atoms with E-state index >= 15 is 0 Å². The quantitative estimate of drug-likeness (QED) is 0.623. The summed E-state index contributed by atoms with van der Waals surface area (Å²) in [5.41, 5.74) is 1.37. The van der Waals surface area contributed by atoms with Gasteiger partial charge in [-0.05, 0) is 24.7 Å². The first-order chi connectivity index (χ1) is 9.49. The van der Waals surface area contributed by atoms with Gasteiger partial charge in [-0.25, -0.2) is 4.98 Å². The Morgan fingerprint density at radius 3 is 2.90 bits per heavy atom. The molecular formula is C14H18N2OS3. The fourth-order valence-electron chi connectivity index (χ4n) is 2.59. The van der Waals surface area contributed by atoms with Crippen LogP contribution in [0.25, 0.3) is 10.2 Å². The van der Waals surface area contributed by atoms with E-state index in [9.17, 15) is 4.79 Å². The molecule has 6 heteroatoms. The van der Waals surface area contributed by atoms with Crippen LogP contribution in [-0.2, 0) is 19.2 Å². The second-order valence-corrected chi connectivity index (χ2v) is 8.84. The summed E-state index contributed by atoms with van der Waals surface area (Å²) in [6.45, 7) is 4.53. The Hall–Kier alpha value is -0.460. The zero-order valence-corrected chi connectivity index (χ0v) is 14.6. The zero-order chi connectivity index (χ0) is 14.5. The second kappa shape index (κ2) is 5.07. The summed E-state index contributed by atoms with van der Waals surface area (Å²) in [4.78, 5) is 19.6. The smallest absolute Gasteiger partial charge is 0.262 e. The molecule has 1 aliphatic heterocycles. The summed E-state index contributed by atoms with van der Waals surface area (Å²) in [5, 5.41) is 1.66. The van der Waals surface area contributed by atoms with E-state index < -0.39 is 0 Å². The number of nitrogens with zero attached hydrogens (tertiary/aromatic N) is 2. The van der Waals surface area contributed by atoms with Gasteiger partial charge in [0.05, 0.1) is 5.39 Å². The zero-order valence-electron chi connectivity index (χ0n) is 12.1. The summed E-state index contributed by atoms with van der Waals surface area (Å²) in [7, 11) is 1.82. The normalized spacial score (nSPS) is 22.2. The minimum Gasteiger partial charge on any atom is -0.290 e. The molecule has 0 amide bonds. The molecule has 0 saturated heterocycles. The van der Waals surface area contributed by atoms with Gasteiger partial charge in [0.2, 0.25) is 0 Å². The fraction of sp³-hybridized carbons (Fsp3) is 0.571. The molecule has 1 atom stereocenters. The predicted octanol–water partition coefficient (Wildman–Crippen LogP) is 3.67. The number of hydrogen-bond acceptors (Lipinski definition) is 5. The first-order valence-corrected chi connectivity index (χ1v) is 9.71. The van der Waals surface area contributed by atoms with Gasteiger partial charge in [0.25, 0.3) is 5.56 Å². The molecule has 3 nitrogen and oxygen atoms in total. The van der Waals surface area contributed by atoms with Crippen molar-refractivity contribution in [2.75, 3.05) is 6.26 Å². The van der Waals surface area contributed by atoms with Crippen molar-refractivity contribution in [1.29, 1.82) is 0 Å². The van der Waals surface area contributed by atoms with Gasteiger partial charge < -0.3 is 0 Å². The molecule has 0 saturated carbocycles. The van der Waals surface area contributed by atoms with Crippen LogP contribution in [0.5, 0.6) is 0 Å². The molecule has 0 unspecified atom stereocenters. The molecule has 0 radical (unpaired) electrons. The third kappa shape index (κ3) is 2.12. The summed E-state index contributed by atoms with van der Waals surface area (Å²) in [5.74, 6) is 1.01. The van der Waals surface area contributed by atoms with Crippen LogP contribution in [0, 0.1) is 0 Å². The molecule has 0 fully saturated rings. The van der Waals surface area contributed by atoms with E-state index in [-0.39, 0.29) is 10.3 Å². The van der Waals surface area contributed by atoms with Crippen LogP contribution >= 0.6 is 34.9 Å². The molecule has 0 bridgehead atoms. The largest absolute Gasteiger partial charge is 0.290 e. The molecule has 0 spiro atoms. The van der Waals surface area contributed by atoms with Crippen molar-refractivity contribution in [2.45, 2.75) is 42.3 Å². The topological polar surface area (TPSA) is 34.9 Å². The molecule has 0 aliphatic carbocycles. The molecule has 3 heterocycles. The number of rotatable bonds is 2. The van der Waals surface area contributed by atoms with Gasteiger partial charge in [0.1, 0.15) is 4.83 Å². The molecule has 3 rings (SSSR count). The monoisotopic (exact) mass is 326 g/mol. The Morgan fingerprint density at radius 2 is 2.25 bits per heavy atom. The molecule has 0 N–H and O–H groups in total. The van der Waals surface area contributed by atoms with Gasteiger partial charge in [0.15, 0.2) is 5.16 Å². The van der Waals surface area contributed by atoms with Gasteiger partial charge in [-0.3, -0.25) is 9.36 Å². The van der Waals surface area contributed by atoms with E-state index in [1.54, 1.807) is 15.9 Å². The van der Waals surface area contributed by atoms with Crippen LogP contribution in [0.3, 0.4) is 0 Å². The van der Waals surface area contributed by atoms with Gasteiger partial charge in [-0.15, -0.1) is 23.1 Å². The lowest BCUT2D eigenvalue weighted by atomic mass is 9.96. The van der Waals surface area contributed by atoms with Crippen LogP contribution in [0.4, 0.5) is 0 Å². The molecule has 2 aromatic rings. The lowest BCUT2D eigenvalue weighted by molar-refractivity contribution is 0.610. The molecule has 20 heavy (non-hydrogen) atoms. The van der Waals surface area contributed by atoms with Crippen molar-refractivity contribution in [3.63, 3.8) is 0 Å². The minimum absolute atomic E-state index is 0.113. The number of hydrogen-bond donors (Lipinski definition) is 0. The maximum Gasteiger partial charge on any atom is 0.262 e. The lowest BCUT2D eigenvalue weighted by Crippen LogP contribution is -2.27. The number of fused-ring (bicyclic) bond motifs is 3.